The smallest absolute Gasteiger partial charge is 0.326 e. The van der Waals surface area contributed by atoms with Crippen LogP contribution in [0.25, 0.3) is 0 Å². The van der Waals surface area contributed by atoms with Gasteiger partial charge in [0, 0.05) is 0 Å². The molecule has 1 fully saturated rings. The van der Waals surface area contributed by atoms with Crippen molar-refractivity contribution in [1.82, 2.24) is 10.2 Å². The fourth-order valence-electron chi connectivity index (χ4n) is 2.71. The van der Waals surface area contributed by atoms with Gasteiger partial charge in [0.2, 0.25) is 5.91 Å². The first-order chi connectivity index (χ1) is 11.1. The third-order valence-electron chi connectivity index (χ3n) is 3.98. The van der Waals surface area contributed by atoms with Gasteiger partial charge in [-0.1, -0.05) is 60.2 Å². The molecule has 0 radical (unpaired) electrons. The number of aliphatic hydroxyl groups excluding tert-OH is 1. The molecular formula is C18H18N2O3. The maximum Gasteiger partial charge on any atom is 0.326 e. The van der Waals surface area contributed by atoms with E-state index in [0.29, 0.717) is 5.56 Å². The van der Waals surface area contributed by atoms with Gasteiger partial charge < -0.3 is 10.4 Å². The van der Waals surface area contributed by atoms with Crippen LogP contribution in [0.3, 0.4) is 0 Å². The van der Waals surface area contributed by atoms with Gasteiger partial charge in [-0.3, -0.25) is 9.69 Å². The van der Waals surface area contributed by atoms with Crippen LogP contribution in [0.5, 0.6) is 0 Å². The second-order valence-corrected chi connectivity index (χ2v) is 5.69. The van der Waals surface area contributed by atoms with E-state index in [1.807, 2.05) is 49.4 Å². The average molecular weight is 310 g/mol. The van der Waals surface area contributed by atoms with Crippen LogP contribution in [0.1, 0.15) is 22.6 Å². The van der Waals surface area contributed by atoms with Gasteiger partial charge in [0.15, 0.2) is 0 Å². The molecule has 2 unspecified atom stereocenters. The number of nitrogens with zero attached hydrogens (tertiary/aromatic N) is 1. The van der Waals surface area contributed by atoms with Crippen molar-refractivity contribution >= 4 is 11.9 Å². The molecule has 0 bridgehead atoms. The highest BCUT2D eigenvalue weighted by Crippen LogP contribution is 2.26. The molecule has 3 amide bonds. The number of rotatable bonds is 3. The number of carbonyl (C=O) groups is 2. The summed E-state index contributed by atoms with van der Waals surface area (Å²) >= 11 is 0. The Labute approximate surface area is 134 Å². The summed E-state index contributed by atoms with van der Waals surface area (Å²) in [7, 11) is 0. The third kappa shape index (κ3) is 3.10. The second-order valence-electron chi connectivity index (χ2n) is 5.69. The maximum absolute atomic E-state index is 12.7. The standard InChI is InChI=1S/C18H18N2O3/c1-12-7-9-14(10-8-12)15-16(21)19-18(23)20(17(15)22)11-13-5-3-2-4-6-13/h2-10,15-16,21H,11H2,1H3,(H,19,23). The molecule has 2 atom stereocenters. The number of aryl methyl sites for hydroxylation is 1. The lowest BCUT2D eigenvalue weighted by Gasteiger charge is -2.35. The van der Waals surface area contributed by atoms with Gasteiger partial charge in [-0.25, -0.2) is 4.79 Å². The summed E-state index contributed by atoms with van der Waals surface area (Å²) in [5.41, 5.74) is 2.61. The van der Waals surface area contributed by atoms with Crippen molar-refractivity contribution in [2.75, 3.05) is 0 Å². The lowest BCUT2D eigenvalue weighted by atomic mass is 9.93. The number of hydrogen-bond acceptors (Lipinski definition) is 3. The largest absolute Gasteiger partial charge is 0.372 e. The Morgan fingerprint density at radius 3 is 2.35 bits per heavy atom. The number of amides is 3. The van der Waals surface area contributed by atoms with Crippen molar-refractivity contribution in [1.29, 1.82) is 0 Å². The molecule has 1 aliphatic rings. The molecule has 23 heavy (non-hydrogen) atoms. The Kier molecular flexibility index (Phi) is 4.12. The summed E-state index contributed by atoms with van der Waals surface area (Å²) in [5.74, 6) is -1.19. The molecule has 2 aromatic rings. The second kappa shape index (κ2) is 6.22. The molecule has 1 heterocycles. The minimum Gasteiger partial charge on any atom is -0.372 e. The highest BCUT2D eigenvalue weighted by molar-refractivity contribution is 6.00. The zero-order valence-electron chi connectivity index (χ0n) is 12.8. The van der Waals surface area contributed by atoms with Crippen LogP contribution in [0, 0.1) is 6.92 Å². The molecule has 0 saturated carbocycles. The first kappa shape index (κ1) is 15.2. The van der Waals surface area contributed by atoms with Gasteiger partial charge in [-0.15, -0.1) is 0 Å². The zero-order valence-corrected chi connectivity index (χ0v) is 12.8. The molecule has 5 heteroatoms. The van der Waals surface area contributed by atoms with Crippen LogP contribution in [0.2, 0.25) is 0 Å². The number of hydrogen-bond donors (Lipinski definition) is 2. The molecule has 0 aliphatic carbocycles. The topological polar surface area (TPSA) is 69.6 Å². The minimum atomic E-state index is -1.22. The normalized spacial score (nSPS) is 21.2. The van der Waals surface area contributed by atoms with Gasteiger partial charge in [-0.05, 0) is 18.1 Å². The van der Waals surface area contributed by atoms with Gasteiger partial charge in [0.1, 0.15) is 12.1 Å². The number of carbonyl (C=O) groups excluding carboxylic acids is 2. The van der Waals surface area contributed by atoms with Gasteiger partial charge >= 0.3 is 6.03 Å². The van der Waals surface area contributed by atoms with Crippen molar-refractivity contribution < 1.29 is 14.7 Å². The molecular weight excluding hydrogens is 292 g/mol. The summed E-state index contributed by atoms with van der Waals surface area (Å²) in [6.45, 7) is 2.13. The van der Waals surface area contributed by atoms with Crippen molar-refractivity contribution in [3.8, 4) is 0 Å². The van der Waals surface area contributed by atoms with Gasteiger partial charge in [0.05, 0.1) is 6.54 Å². The SMILES string of the molecule is Cc1ccc(C2C(=O)N(Cc3ccccc3)C(=O)NC2O)cc1. The zero-order chi connectivity index (χ0) is 16.4. The van der Waals surface area contributed by atoms with E-state index in [0.717, 1.165) is 16.0 Å². The summed E-state index contributed by atoms with van der Waals surface area (Å²) in [5, 5.41) is 12.6. The highest BCUT2D eigenvalue weighted by Gasteiger charge is 2.41. The molecule has 118 valence electrons. The number of imide groups is 1. The van der Waals surface area contributed by atoms with Crippen LogP contribution < -0.4 is 5.32 Å². The van der Waals surface area contributed by atoms with E-state index in [2.05, 4.69) is 5.32 Å². The van der Waals surface area contributed by atoms with E-state index in [9.17, 15) is 14.7 Å². The van der Waals surface area contributed by atoms with Gasteiger partial charge in [0.25, 0.3) is 0 Å². The van der Waals surface area contributed by atoms with E-state index < -0.39 is 24.1 Å². The Hall–Kier alpha value is -2.66. The molecule has 2 aromatic carbocycles. The Bertz CT molecular complexity index is 713. The van der Waals surface area contributed by atoms with Crippen LogP contribution in [0.4, 0.5) is 4.79 Å². The van der Waals surface area contributed by atoms with E-state index in [1.165, 1.54) is 0 Å². The fourth-order valence-corrected chi connectivity index (χ4v) is 2.71. The molecule has 2 N–H and O–H groups in total. The number of nitrogens with one attached hydrogen (secondary N) is 1. The van der Waals surface area contributed by atoms with Gasteiger partial charge in [-0.2, -0.15) is 0 Å². The van der Waals surface area contributed by atoms with Crippen molar-refractivity contribution in [2.24, 2.45) is 0 Å². The Morgan fingerprint density at radius 2 is 1.70 bits per heavy atom. The molecule has 0 aromatic heterocycles. The molecule has 5 nitrogen and oxygen atoms in total. The predicted molar refractivity (Wildman–Crippen MR) is 85.5 cm³/mol. The first-order valence-electron chi connectivity index (χ1n) is 7.46. The summed E-state index contributed by atoms with van der Waals surface area (Å²) < 4.78 is 0. The van der Waals surface area contributed by atoms with Crippen molar-refractivity contribution in [2.45, 2.75) is 25.6 Å². The molecule has 1 saturated heterocycles. The van der Waals surface area contributed by atoms with Crippen LogP contribution in [-0.4, -0.2) is 28.2 Å². The number of urea groups is 1. The quantitative estimate of drug-likeness (QED) is 0.912. The monoisotopic (exact) mass is 310 g/mol. The van der Waals surface area contributed by atoms with Crippen LogP contribution in [-0.2, 0) is 11.3 Å². The number of benzene rings is 2. The van der Waals surface area contributed by atoms with Crippen molar-refractivity contribution in [3.05, 3.63) is 71.3 Å². The van der Waals surface area contributed by atoms with E-state index in [4.69, 9.17) is 0 Å². The van der Waals surface area contributed by atoms with E-state index in [-0.39, 0.29) is 6.54 Å². The van der Waals surface area contributed by atoms with Crippen LogP contribution >= 0.6 is 0 Å². The molecule has 1 aliphatic heterocycles. The molecule has 3 rings (SSSR count). The lowest BCUT2D eigenvalue weighted by Crippen LogP contribution is -2.58. The number of aliphatic hydroxyl groups is 1. The first-order valence-corrected chi connectivity index (χ1v) is 7.46. The summed E-state index contributed by atoms with van der Waals surface area (Å²) in [6, 6.07) is 16.1. The lowest BCUT2D eigenvalue weighted by molar-refractivity contribution is -0.136. The average Bonchev–Trinajstić information content (AvgIpc) is 2.54. The summed E-state index contributed by atoms with van der Waals surface area (Å²) in [6.07, 6.45) is -1.22. The molecule has 0 spiro atoms. The van der Waals surface area contributed by atoms with E-state index in [1.54, 1.807) is 12.1 Å². The predicted octanol–water partition coefficient (Wildman–Crippen LogP) is 2.15. The Morgan fingerprint density at radius 1 is 1.04 bits per heavy atom. The maximum atomic E-state index is 12.7. The fraction of sp³-hybridized carbons (Fsp3) is 0.222. The van der Waals surface area contributed by atoms with Crippen molar-refractivity contribution in [3.63, 3.8) is 0 Å². The summed E-state index contributed by atoms with van der Waals surface area (Å²) in [4.78, 5) is 26.0. The highest BCUT2D eigenvalue weighted by atomic mass is 16.3. The van der Waals surface area contributed by atoms with Crippen LogP contribution in [0.15, 0.2) is 54.6 Å². The van der Waals surface area contributed by atoms with E-state index >= 15 is 0 Å². The minimum absolute atomic E-state index is 0.181. The third-order valence-corrected chi connectivity index (χ3v) is 3.98. The Balaban J connectivity index is 1.88.